The number of carboxylic acid groups (broad SMARTS) is 1. The number of aromatic nitrogens is 1. The van der Waals surface area contributed by atoms with Crippen LogP contribution in [-0.4, -0.2) is 32.7 Å². The van der Waals surface area contributed by atoms with Crippen molar-refractivity contribution in [3.63, 3.8) is 0 Å². The zero-order valence-electron chi connectivity index (χ0n) is 12.2. The van der Waals surface area contributed by atoms with Crippen LogP contribution < -0.4 is 0 Å². The number of aliphatic hydroxyl groups excluding tert-OH is 1. The molecular weight excluding hydrogens is 317 g/mol. The highest BCUT2D eigenvalue weighted by Crippen LogP contribution is 2.13. The molecule has 0 fully saturated rings. The van der Waals surface area contributed by atoms with E-state index < -0.39 is 23.3 Å². The van der Waals surface area contributed by atoms with Crippen LogP contribution >= 0.6 is 0 Å². The second-order valence-corrected chi connectivity index (χ2v) is 4.75. The summed E-state index contributed by atoms with van der Waals surface area (Å²) in [5, 5.41) is 17.4. The molecule has 6 nitrogen and oxygen atoms in total. The van der Waals surface area contributed by atoms with Crippen LogP contribution in [-0.2, 0) is 9.59 Å². The summed E-state index contributed by atoms with van der Waals surface area (Å²) in [6.07, 6.45) is 4.31. The normalized spacial score (nSPS) is 11.6. The van der Waals surface area contributed by atoms with Gasteiger partial charge in [-0.1, -0.05) is 12.1 Å². The summed E-state index contributed by atoms with van der Waals surface area (Å²) in [4.78, 5) is 36.7. The number of aromatic amines is 1. The number of aliphatic carboxylic acids is 1. The Morgan fingerprint density at radius 1 is 1.08 bits per heavy atom. The van der Waals surface area contributed by atoms with Crippen LogP contribution in [0.25, 0.3) is 6.08 Å². The van der Waals surface area contributed by atoms with Gasteiger partial charge in [0.15, 0.2) is 11.6 Å². The van der Waals surface area contributed by atoms with Gasteiger partial charge in [0.25, 0.3) is 0 Å². The van der Waals surface area contributed by atoms with E-state index in [1.54, 1.807) is 0 Å². The number of carbonyl (C=O) groups excluding carboxylic acids is 2. The third kappa shape index (κ3) is 4.26. The van der Waals surface area contributed by atoms with Crippen molar-refractivity contribution in [3.8, 4) is 0 Å². The summed E-state index contributed by atoms with van der Waals surface area (Å²) in [5.74, 6) is -4.33. The third-order valence-electron chi connectivity index (χ3n) is 2.98. The Labute approximate surface area is 135 Å². The molecule has 2 aromatic rings. The van der Waals surface area contributed by atoms with Gasteiger partial charge in [0.1, 0.15) is 5.82 Å². The molecule has 0 atom stereocenters. The molecule has 0 bridgehead atoms. The number of benzene rings is 1. The molecule has 0 saturated heterocycles. The van der Waals surface area contributed by atoms with Crippen LogP contribution in [0.3, 0.4) is 0 Å². The van der Waals surface area contributed by atoms with Crippen molar-refractivity contribution in [2.45, 2.75) is 0 Å². The molecule has 1 aromatic carbocycles. The lowest BCUT2D eigenvalue weighted by Gasteiger charge is -1.97. The second kappa shape index (κ2) is 7.19. The summed E-state index contributed by atoms with van der Waals surface area (Å²) in [5.41, 5.74) is 0.873. The van der Waals surface area contributed by atoms with E-state index in [1.807, 2.05) is 0 Å². The number of hydrogen-bond acceptors (Lipinski definition) is 4. The highest BCUT2D eigenvalue weighted by atomic mass is 19.1. The first-order chi connectivity index (χ1) is 11.4. The number of carboxylic acids is 1. The Morgan fingerprint density at radius 2 is 1.83 bits per heavy atom. The molecule has 0 spiro atoms. The molecule has 122 valence electrons. The van der Waals surface area contributed by atoms with Crippen molar-refractivity contribution >= 4 is 23.6 Å². The first kappa shape index (κ1) is 16.9. The van der Waals surface area contributed by atoms with Crippen molar-refractivity contribution < 1.29 is 29.0 Å². The lowest BCUT2D eigenvalue weighted by molar-refractivity contribution is -0.135. The van der Waals surface area contributed by atoms with Crippen molar-refractivity contribution in [2.24, 2.45) is 0 Å². The van der Waals surface area contributed by atoms with Gasteiger partial charge in [0.2, 0.25) is 5.76 Å². The molecule has 1 heterocycles. The summed E-state index contributed by atoms with van der Waals surface area (Å²) >= 11 is 0. The van der Waals surface area contributed by atoms with E-state index in [9.17, 15) is 18.8 Å². The molecule has 2 rings (SSSR count). The number of aliphatic hydroxyl groups is 1. The van der Waals surface area contributed by atoms with Crippen molar-refractivity contribution in [1.29, 1.82) is 0 Å². The molecule has 0 aliphatic heterocycles. The van der Waals surface area contributed by atoms with E-state index in [0.717, 1.165) is 12.1 Å². The molecule has 0 aliphatic carbocycles. The van der Waals surface area contributed by atoms with Gasteiger partial charge in [-0.05, 0) is 30.4 Å². The quantitative estimate of drug-likeness (QED) is 0.429. The van der Waals surface area contributed by atoms with Crippen LogP contribution in [0.2, 0.25) is 0 Å². The first-order valence-corrected chi connectivity index (χ1v) is 6.71. The molecule has 24 heavy (non-hydrogen) atoms. The van der Waals surface area contributed by atoms with Gasteiger partial charge in [0.05, 0.1) is 0 Å². The van der Waals surface area contributed by atoms with Gasteiger partial charge in [-0.3, -0.25) is 9.59 Å². The Hall–Kier alpha value is -3.48. The third-order valence-corrected chi connectivity index (χ3v) is 2.98. The van der Waals surface area contributed by atoms with E-state index in [0.29, 0.717) is 11.8 Å². The number of nitrogens with one attached hydrogen (secondary N) is 1. The maximum Gasteiger partial charge on any atom is 0.371 e. The number of rotatable bonds is 6. The predicted molar refractivity (Wildman–Crippen MR) is 83.0 cm³/mol. The van der Waals surface area contributed by atoms with Crippen molar-refractivity contribution in [2.75, 3.05) is 0 Å². The topological polar surface area (TPSA) is 107 Å². The van der Waals surface area contributed by atoms with Gasteiger partial charge < -0.3 is 15.2 Å². The standard InChI is InChI=1S/C17H12FNO5/c18-12-3-1-2-10(6-12)16(22)11-7-13(19-9-11)4-5-14(20)8-15(21)17(23)24/h1-9,19,21H,(H,23,24)/b5-4+,15-8-. The van der Waals surface area contributed by atoms with Gasteiger partial charge in [-0.15, -0.1) is 0 Å². The number of H-pyrrole nitrogens is 1. The minimum atomic E-state index is -1.61. The Balaban J connectivity index is 2.12. The monoisotopic (exact) mass is 329 g/mol. The molecule has 7 heteroatoms. The number of hydrogen-bond donors (Lipinski definition) is 3. The molecule has 0 saturated carbocycles. The molecule has 0 amide bonds. The van der Waals surface area contributed by atoms with Crippen LogP contribution in [0.4, 0.5) is 4.39 Å². The van der Waals surface area contributed by atoms with Gasteiger partial charge in [0, 0.05) is 29.1 Å². The highest BCUT2D eigenvalue weighted by Gasteiger charge is 2.11. The largest absolute Gasteiger partial charge is 0.502 e. The van der Waals surface area contributed by atoms with Crippen LogP contribution in [0.15, 0.2) is 54.4 Å². The lowest BCUT2D eigenvalue weighted by Crippen LogP contribution is -2.01. The fourth-order valence-corrected chi connectivity index (χ4v) is 1.85. The van der Waals surface area contributed by atoms with Crippen LogP contribution in [0.1, 0.15) is 21.6 Å². The van der Waals surface area contributed by atoms with E-state index in [2.05, 4.69) is 4.98 Å². The Bertz CT molecular complexity index is 863. The molecule has 3 N–H and O–H groups in total. The lowest BCUT2D eigenvalue weighted by atomic mass is 10.1. The smallest absolute Gasteiger partial charge is 0.371 e. The first-order valence-electron chi connectivity index (χ1n) is 6.71. The molecule has 0 aliphatic rings. The summed E-state index contributed by atoms with van der Waals surface area (Å²) in [7, 11) is 0. The maximum absolute atomic E-state index is 13.1. The van der Waals surface area contributed by atoms with Crippen molar-refractivity contribution in [3.05, 3.63) is 77.1 Å². The molecule has 0 radical (unpaired) electrons. The zero-order chi connectivity index (χ0) is 17.7. The number of halogens is 1. The van der Waals surface area contributed by atoms with Gasteiger partial charge in [-0.25, -0.2) is 9.18 Å². The number of allylic oxidation sites excluding steroid dienone is 2. The summed E-state index contributed by atoms with van der Waals surface area (Å²) < 4.78 is 13.1. The van der Waals surface area contributed by atoms with Crippen LogP contribution in [0, 0.1) is 5.82 Å². The van der Waals surface area contributed by atoms with Gasteiger partial charge in [-0.2, -0.15) is 0 Å². The average Bonchev–Trinajstić information content (AvgIpc) is 3.01. The highest BCUT2D eigenvalue weighted by molar-refractivity contribution is 6.09. The fraction of sp³-hybridized carbons (Fsp3) is 0. The zero-order valence-corrected chi connectivity index (χ0v) is 12.2. The maximum atomic E-state index is 13.1. The van der Waals surface area contributed by atoms with E-state index in [-0.39, 0.29) is 16.9 Å². The minimum Gasteiger partial charge on any atom is -0.502 e. The van der Waals surface area contributed by atoms with Crippen LogP contribution in [0.5, 0.6) is 0 Å². The summed E-state index contributed by atoms with van der Waals surface area (Å²) in [6.45, 7) is 0. The number of carbonyl (C=O) groups is 3. The molecule has 1 aromatic heterocycles. The fourth-order valence-electron chi connectivity index (χ4n) is 1.85. The van der Waals surface area contributed by atoms with Gasteiger partial charge >= 0.3 is 5.97 Å². The van der Waals surface area contributed by atoms with E-state index >= 15 is 0 Å². The minimum absolute atomic E-state index is 0.190. The summed E-state index contributed by atoms with van der Waals surface area (Å²) in [6, 6.07) is 6.71. The number of ketones is 2. The van der Waals surface area contributed by atoms with Crippen molar-refractivity contribution in [1.82, 2.24) is 4.98 Å². The SMILES string of the molecule is O=C(/C=C(\O)C(=O)O)/C=C/c1cc(C(=O)c2cccc(F)c2)c[nH]1. The van der Waals surface area contributed by atoms with E-state index in [1.165, 1.54) is 36.5 Å². The predicted octanol–water partition coefficient (Wildman–Crippen LogP) is 2.49. The second-order valence-electron chi connectivity index (χ2n) is 4.75. The molecule has 0 unspecified atom stereocenters. The Kier molecular flexibility index (Phi) is 5.06. The average molecular weight is 329 g/mol. The molecular formula is C17H12FNO5. The van der Waals surface area contributed by atoms with E-state index in [4.69, 9.17) is 10.2 Å². The Morgan fingerprint density at radius 3 is 2.50 bits per heavy atom.